The highest BCUT2D eigenvalue weighted by Crippen LogP contribution is 2.29. The Hall–Kier alpha value is -2.28. The van der Waals surface area contributed by atoms with E-state index in [1.54, 1.807) is 6.92 Å². The lowest BCUT2D eigenvalue weighted by Crippen LogP contribution is -2.49. The van der Waals surface area contributed by atoms with Gasteiger partial charge in [0, 0.05) is 16.6 Å². The number of anilines is 1. The molecule has 0 saturated carbocycles. The Kier molecular flexibility index (Phi) is 6.91. The van der Waals surface area contributed by atoms with Gasteiger partial charge in [0.05, 0.1) is 11.9 Å². The van der Waals surface area contributed by atoms with Crippen molar-refractivity contribution in [1.29, 1.82) is 0 Å². The zero-order valence-corrected chi connectivity index (χ0v) is 18.9. The van der Waals surface area contributed by atoms with Crippen LogP contribution in [0.15, 0.2) is 60.7 Å². The van der Waals surface area contributed by atoms with Crippen LogP contribution >= 0.6 is 23.2 Å². The number of halogens is 2. The van der Waals surface area contributed by atoms with Crippen LogP contribution in [0, 0.1) is 0 Å². The minimum atomic E-state index is -3.77. The summed E-state index contributed by atoms with van der Waals surface area (Å²) in [6, 6.07) is 17.3. The molecule has 3 aromatic carbocycles. The van der Waals surface area contributed by atoms with Gasteiger partial charge in [0.15, 0.2) is 0 Å². The zero-order chi connectivity index (χ0) is 21.9. The predicted molar refractivity (Wildman–Crippen MR) is 124 cm³/mol. The zero-order valence-electron chi connectivity index (χ0n) is 16.6. The fourth-order valence-electron chi connectivity index (χ4n) is 3.47. The van der Waals surface area contributed by atoms with Crippen LogP contribution in [-0.4, -0.2) is 26.6 Å². The number of fused-ring (bicyclic) bond motifs is 1. The van der Waals surface area contributed by atoms with Crippen LogP contribution in [0.25, 0.3) is 10.8 Å². The molecule has 3 rings (SSSR count). The number of rotatable bonds is 7. The molecule has 0 aliphatic carbocycles. The molecule has 30 heavy (non-hydrogen) atoms. The summed E-state index contributed by atoms with van der Waals surface area (Å²) in [5, 5.41) is 5.57. The number of sulfonamides is 1. The summed E-state index contributed by atoms with van der Waals surface area (Å²) >= 11 is 12.1. The van der Waals surface area contributed by atoms with Crippen molar-refractivity contribution in [2.75, 3.05) is 10.6 Å². The molecule has 0 bridgehead atoms. The number of carbonyl (C=O) groups excluding carboxylic acids is 1. The molecule has 0 aliphatic heterocycles. The number of nitrogens with one attached hydrogen (secondary N) is 1. The lowest BCUT2D eigenvalue weighted by molar-refractivity contribution is -0.122. The van der Waals surface area contributed by atoms with Crippen LogP contribution in [0.1, 0.15) is 18.9 Å². The van der Waals surface area contributed by atoms with Gasteiger partial charge in [0.25, 0.3) is 0 Å². The first-order chi connectivity index (χ1) is 14.2. The monoisotopic (exact) mass is 464 g/mol. The number of amides is 1. The SMILES string of the molecule is CC[C@H](C(=O)NCc1cccc2ccccc12)N(c1cc(Cl)cc(Cl)c1)S(C)(=O)=O. The van der Waals surface area contributed by atoms with Gasteiger partial charge >= 0.3 is 0 Å². The van der Waals surface area contributed by atoms with E-state index < -0.39 is 22.0 Å². The fourth-order valence-corrected chi connectivity index (χ4v) is 5.18. The molecule has 1 amide bonds. The van der Waals surface area contributed by atoms with Crippen LogP contribution in [0.5, 0.6) is 0 Å². The van der Waals surface area contributed by atoms with Crippen LogP contribution < -0.4 is 9.62 Å². The molecule has 0 spiro atoms. The Labute approximate surface area is 186 Å². The van der Waals surface area contributed by atoms with Crippen molar-refractivity contribution < 1.29 is 13.2 Å². The lowest BCUT2D eigenvalue weighted by Gasteiger charge is -2.30. The molecule has 0 heterocycles. The van der Waals surface area contributed by atoms with E-state index in [4.69, 9.17) is 23.2 Å². The van der Waals surface area contributed by atoms with Gasteiger partial charge < -0.3 is 5.32 Å². The fraction of sp³-hybridized carbons (Fsp3) is 0.227. The van der Waals surface area contributed by atoms with E-state index in [1.807, 2.05) is 42.5 Å². The summed E-state index contributed by atoms with van der Waals surface area (Å²) in [5.41, 5.74) is 1.20. The molecule has 0 aliphatic rings. The third kappa shape index (κ3) is 5.06. The summed E-state index contributed by atoms with van der Waals surface area (Å²) < 4.78 is 26.2. The van der Waals surface area contributed by atoms with Gasteiger partial charge in [-0.25, -0.2) is 8.42 Å². The molecule has 0 saturated heterocycles. The van der Waals surface area contributed by atoms with Gasteiger partial charge in [-0.2, -0.15) is 0 Å². The Morgan fingerprint density at radius 2 is 1.67 bits per heavy atom. The first-order valence-corrected chi connectivity index (χ1v) is 12.0. The lowest BCUT2D eigenvalue weighted by atomic mass is 10.0. The molecule has 5 nitrogen and oxygen atoms in total. The van der Waals surface area contributed by atoms with Crippen molar-refractivity contribution in [2.45, 2.75) is 25.9 Å². The van der Waals surface area contributed by atoms with E-state index in [2.05, 4.69) is 5.32 Å². The molecule has 0 radical (unpaired) electrons. The standard InChI is InChI=1S/C22H22Cl2N2O3S/c1-3-21(26(30(2,28)29)19-12-17(23)11-18(24)13-19)22(27)25-14-16-9-6-8-15-7-4-5-10-20(15)16/h4-13,21H,3,14H2,1-2H3,(H,25,27)/t21-/m1/s1. The quantitative estimate of drug-likeness (QED) is 0.534. The van der Waals surface area contributed by atoms with Gasteiger partial charge in [0.1, 0.15) is 6.04 Å². The highest BCUT2D eigenvalue weighted by Gasteiger charge is 2.31. The molecular weight excluding hydrogens is 443 g/mol. The van der Waals surface area contributed by atoms with Crippen LogP contribution in [0.4, 0.5) is 5.69 Å². The Morgan fingerprint density at radius 3 is 2.30 bits per heavy atom. The van der Waals surface area contributed by atoms with Crippen molar-refractivity contribution in [1.82, 2.24) is 5.32 Å². The molecule has 0 aromatic heterocycles. The average molecular weight is 465 g/mol. The number of hydrogen-bond donors (Lipinski definition) is 1. The predicted octanol–water partition coefficient (Wildman–Crippen LogP) is 5.01. The molecule has 0 unspecified atom stereocenters. The Balaban J connectivity index is 1.89. The van der Waals surface area contributed by atoms with Crippen molar-refractivity contribution in [2.24, 2.45) is 0 Å². The number of hydrogen-bond acceptors (Lipinski definition) is 3. The second kappa shape index (κ2) is 9.25. The maximum absolute atomic E-state index is 13.0. The first kappa shape index (κ1) is 22.4. The van der Waals surface area contributed by atoms with E-state index in [0.717, 1.165) is 26.9 Å². The van der Waals surface area contributed by atoms with E-state index in [0.29, 0.717) is 0 Å². The van der Waals surface area contributed by atoms with Crippen molar-refractivity contribution in [3.63, 3.8) is 0 Å². The van der Waals surface area contributed by atoms with Gasteiger partial charge in [-0.3, -0.25) is 9.10 Å². The van der Waals surface area contributed by atoms with E-state index >= 15 is 0 Å². The van der Waals surface area contributed by atoms with Crippen LogP contribution in [0.2, 0.25) is 10.0 Å². The third-order valence-electron chi connectivity index (χ3n) is 4.76. The number of carbonyl (C=O) groups is 1. The second-order valence-electron chi connectivity index (χ2n) is 6.97. The highest BCUT2D eigenvalue weighted by atomic mass is 35.5. The minimum Gasteiger partial charge on any atom is -0.350 e. The van der Waals surface area contributed by atoms with Crippen molar-refractivity contribution >= 4 is 55.6 Å². The maximum Gasteiger partial charge on any atom is 0.244 e. The van der Waals surface area contributed by atoms with Crippen LogP contribution in [0.3, 0.4) is 0 Å². The van der Waals surface area contributed by atoms with Gasteiger partial charge in [0.2, 0.25) is 15.9 Å². The molecular formula is C22H22Cl2N2O3S. The molecule has 158 valence electrons. The summed E-state index contributed by atoms with van der Waals surface area (Å²) in [6.07, 6.45) is 1.33. The topological polar surface area (TPSA) is 66.5 Å². The minimum absolute atomic E-state index is 0.252. The number of benzene rings is 3. The van der Waals surface area contributed by atoms with Crippen molar-refractivity contribution in [3.8, 4) is 0 Å². The Morgan fingerprint density at radius 1 is 1.03 bits per heavy atom. The second-order valence-corrected chi connectivity index (χ2v) is 9.70. The van der Waals surface area contributed by atoms with Gasteiger partial charge in [-0.05, 0) is 41.0 Å². The normalized spacial score (nSPS) is 12.5. The van der Waals surface area contributed by atoms with Gasteiger partial charge in [-0.15, -0.1) is 0 Å². The van der Waals surface area contributed by atoms with Crippen molar-refractivity contribution in [3.05, 3.63) is 76.3 Å². The third-order valence-corrected chi connectivity index (χ3v) is 6.38. The van der Waals surface area contributed by atoms with E-state index in [1.165, 1.54) is 18.2 Å². The highest BCUT2D eigenvalue weighted by molar-refractivity contribution is 7.92. The number of nitrogens with zero attached hydrogens (tertiary/aromatic N) is 1. The molecule has 0 fully saturated rings. The van der Waals surface area contributed by atoms with E-state index in [9.17, 15) is 13.2 Å². The molecule has 1 N–H and O–H groups in total. The largest absolute Gasteiger partial charge is 0.350 e. The molecule has 8 heteroatoms. The summed E-state index contributed by atoms with van der Waals surface area (Å²) in [7, 11) is -3.77. The summed E-state index contributed by atoms with van der Waals surface area (Å²) in [4.78, 5) is 13.0. The van der Waals surface area contributed by atoms with Gasteiger partial charge in [-0.1, -0.05) is 72.6 Å². The summed E-state index contributed by atoms with van der Waals surface area (Å²) in [5.74, 6) is -0.396. The smallest absolute Gasteiger partial charge is 0.244 e. The average Bonchev–Trinajstić information content (AvgIpc) is 2.68. The Bertz CT molecular complexity index is 1160. The molecule has 1 atom stereocenters. The van der Waals surface area contributed by atoms with Crippen LogP contribution in [-0.2, 0) is 21.4 Å². The maximum atomic E-state index is 13.0. The van der Waals surface area contributed by atoms with E-state index in [-0.39, 0.29) is 28.7 Å². The first-order valence-electron chi connectivity index (χ1n) is 9.40. The molecule has 3 aromatic rings. The summed E-state index contributed by atoms with van der Waals surface area (Å²) in [6.45, 7) is 2.04.